The normalized spacial score (nSPS) is 30.5. The Morgan fingerprint density at radius 2 is 1.80 bits per heavy atom. The van der Waals surface area contributed by atoms with Gasteiger partial charge in [-0.15, -0.1) is 0 Å². The molecule has 1 heterocycles. The summed E-state index contributed by atoms with van der Waals surface area (Å²) < 4.78 is 5.63. The Morgan fingerprint density at radius 3 is 2.13 bits per heavy atom. The lowest BCUT2D eigenvalue weighted by Crippen LogP contribution is -2.56. The van der Waals surface area contributed by atoms with Gasteiger partial charge in [-0.3, -0.25) is 9.69 Å². The first kappa shape index (κ1) is 12.5. The van der Waals surface area contributed by atoms with Crippen molar-refractivity contribution in [3.8, 4) is 0 Å². The number of hydrogen-bond donors (Lipinski definition) is 1. The summed E-state index contributed by atoms with van der Waals surface area (Å²) in [5, 5.41) is 0. The van der Waals surface area contributed by atoms with Gasteiger partial charge in [-0.05, 0) is 19.8 Å². The highest BCUT2D eigenvalue weighted by molar-refractivity contribution is 5.80. The predicted molar refractivity (Wildman–Crippen MR) is 59.4 cm³/mol. The van der Waals surface area contributed by atoms with E-state index in [0.29, 0.717) is 0 Å². The number of morpholine rings is 1. The molecule has 0 aromatic heterocycles. The molecule has 0 radical (unpaired) electrons. The van der Waals surface area contributed by atoms with Gasteiger partial charge in [0, 0.05) is 13.1 Å². The number of ether oxygens (including phenoxy) is 1. The minimum Gasteiger partial charge on any atom is -0.373 e. The fourth-order valence-electron chi connectivity index (χ4n) is 2.37. The van der Waals surface area contributed by atoms with E-state index in [-0.39, 0.29) is 30.1 Å². The molecule has 1 aliphatic rings. The van der Waals surface area contributed by atoms with Gasteiger partial charge < -0.3 is 10.5 Å². The van der Waals surface area contributed by atoms with Crippen LogP contribution in [0.1, 0.15) is 27.7 Å². The summed E-state index contributed by atoms with van der Waals surface area (Å²) in [5.41, 5.74) is 5.44. The number of amides is 1. The molecular weight excluding hydrogens is 192 g/mol. The number of hydrogen-bond acceptors (Lipinski definition) is 3. The van der Waals surface area contributed by atoms with Gasteiger partial charge in [0.05, 0.1) is 18.2 Å². The van der Waals surface area contributed by atoms with Crippen LogP contribution in [0.25, 0.3) is 0 Å². The molecule has 0 aliphatic carbocycles. The molecule has 1 fully saturated rings. The Hall–Kier alpha value is -0.610. The number of nitrogens with zero attached hydrogens (tertiary/aromatic N) is 1. The first-order valence-electron chi connectivity index (χ1n) is 5.60. The van der Waals surface area contributed by atoms with Gasteiger partial charge in [-0.1, -0.05) is 13.8 Å². The maximum Gasteiger partial charge on any atom is 0.235 e. The van der Waals surface area contributed by atoms with Gasteiger partial charge in [0.2, 0.25) is 5.91 Å². The van der Waals surface area contributed by atoms with E-state index in [0.717, 1.165) is 13.1 Å². The maximum atomic E-state index is 11.4. The van der Waals surface area contributed by atoms with Crippen molar-refractivity contribution in [2.45, 2.75) is 45.9 Å². The quantitative estimate of drug-likeness (QED) is 0.748. The smallest absolute Gasteiger partial charge is 0.235 e. The van der Waals surface area contributed by atoms with Crippen LogP contribution in [-0.2, 0) is 9.53 Å². The van der Waals surface area contributed by atoms with Crippen LogP contribution in [0.5, 0.6) is 0 Å². The summed E-state index contributed by atoms with van der Waals surface area (Å²) >= 11 is 0. The zero-order valence-corrected chi connectivity index (χ0v) is 10.1. The lowest BCUT2D eigenvalue weighted by molar-refractivity contribution is -0.132. The predicted octanol–water partition coefficient (Wildman–Crippen LogP) is 0.605. The third-order valence-electron chi connectivity index (χ3n) is 2.76. The third-order valence-corrected chi connectivity index (χ3v) is 2.76. The van der Waals surface area contributed by atoms with E-state index in [2.05, 4.69) is 4.90 Å². The van der Waals surface area contributed by atoms with Crippen LogP contribution < -0.4 is 5.73 Å². The first-order chi connectivity index (χ1) is 6.91. The number of nitrogens with two attached hydrogens (primary N) is 1. The van der Waals surface area contributed by atoms with Crippen LogP contribution in [0.3, 0.4) is 0 Å². The summed E-state index contributed by atoms with van der Waals surface area (Å²) in [6.07, 6.45) is 0.351. The Morgan fingerprint density at radius 1 is 1.33 bits per heavy atom. The molecule has 0 bridgehead atoms. The summed E-state index contributed by atoms with van der Waals surface area (Å²) in [6.45, 7) is 9.69. The van der Waals surface area contributed by atoms with Crippen molar-refractivity contribution in [3.63, 3.8) is 0 Å². The van der Waals surface area contributed by atoms with E-state index in [4.69, 9.17) is 10.5 Å². The molecule has 1 amide bonds. The van der Waals surface area contributed by atoms with Crippen LogP contribution >= 0.6 is 0 Å². The zero-order valence-electron chi connectivity index (χ0n) is 10.1. The van der Waals surface area contributed by atoms with Gasteiger partial charge in [-0.25, -0.2) is 0 Å². The largest absolute Gasteiger partial charge is 0.373 e. The minimum atomic E-state index is -0.230. The molecule has 1 aliphatic heterocycles. The van der Waals surface area contributed by atoms with Gasteiger partial charge in [0.25, 0.3) is 0 Å². The average molecular weight is 214 g/mol. The van der Waals surface area contributed by atoms with Crippen molar-refractivity contribution in [3.05, 3.63) is 0 Å². The van der Waals surface area contributed by atoms with E-state index < -0.39 is 0 Å². The van der Waals surface area contributed by atoms with Gasteiger partial charge in [0.15, 0.2) is 0 Å². The third kappa shape index (κ3) is 3.18. The fraction of sp³-hybridized carbons (Fsp3) is 0.909. The topological polar surface area (TPSA) is 55.6 Å². The molecule has 3 unspecified atom stereocenters. The number of rotatable bonds is 3. The van der Waals surface area contributed by atoms with Crippen LogP contribution in [0.4, 0.5) is 0 Å². The zero-order chi connectivity index (χ0) is 11.6. The van der Waals surface area contributed by atoms with E-state index >= 15 is 0 Å². The Labute approximate surface area is 91.8 Å². The molecule has 0 aromatic rings. The van der Waals surface area contributed by atoms with Crippen molar-refractivity contribution in [2.24, 2.45) is 11.7 Å². The second-order valence-electron chi connectivity index (χ2n) is 4.80. The summed E-state index contributed by atoms with van der Waals surface area (Å²) in [7, 11) is 0. The van der Waals surface area contributed by atoms with E-state index in [1.165, 1.54) is 0 Å². The monoisotopic (exact) mass is 214 g/mol. The molecule has 1 saturated heterocycles. The molecule has 4 nitrogen and oxygen atoms in total. The first-order valence-corrected chi connectivity index (χ1v) is 5.60. The highest BCUT2D eigenvalue weighted by Crippen LogP contribution is 2.17. The van der Waals surface area contributed by atoms with Crippen molar-refractivity contribution < 1.29 is 9.53 Å². The fourth-order valence-corrected chi connectivity index (χ4v) is 2.37. The molecule has 0 spiro atoms. The molecule has 3 atom stereocenters. The summed E-state index contributed by atoms with van der Waals surface area (Å²) in [5.74, 6) is 0.0197. The SMILES string of the molecule is CC1CN(C(C(N)=O)C(C)C)CC(C)O1. The summed E-state index contributed by atoms with van der Waals surface area (Å²) in [4.78, 5) is 13.5. The van der Waals surface area contributed by atoms with E-state index in [9.17, 15) is 4.79 Å². The maximum absolute atomic E-state index is 11.4. The summed E-state index contributed by atoms with van der Waals surface area (Å²) in [6, 6.07) is -0.168. The molecule has 4 heteroatoms. The standard InChI is InChI=1S/C11H22N2O2/c1-7(2)10(11(12)14)13-5-8(3)15-9(4)6-13/h7-10H,5-6H2,1-4H3,(H2,12,14). The lowest BCUT2D eigenvalue weighted by atomic mass is 10.00. The Kier molecular flexibility index (Phi) is 4.11. The van der Waals surface area contributed by atoms with Gasteiger partial charge >= 0.3 is 0 Å². The highest BCUT2D eigenvalue weighted by Gasteiger charge is 2.32. The molecular formula is C11H22N2O2. The van der Waals surface area contributed by atoms with Crippen LogP contribution in [-0.4, -0.2) is 42.1 Å². The van der Waals surface area contributed by atoms with Crippen LogP contribution in [0, 0.1) is 5.92 Å². The van der Waals surface area contributed by atoms with E-state index in [1.807, 2.05) is 27.7 Å². The molecule has 0 aromatic carbocycles. The Bertz CT molecular complexity index is 221. The molecule has 2 N–H and O–H groups in total. The van der Waals surface area contributed by atoms with Crippen molar-refractivity contribution in [1.82, 2.24) is 4.90 Å². The number of primary amides is 1. The molecule has 1 rings (SSSR count). The van der Waals surface area contributed by atoms with Gasteiger partial charge in [0.1, 0.15) is 0 Å². The van der Waals surface area contributed by atoms with Crippen molar-refractivity contribution in [2.75, 3.05) is 13.1 Å². The molecule has 0 saturated carbocycles. The van der Waals surface area contributed by atoms with Crippen molar-refractivity contribution >= 4 is 5.91 Å². The Balaban J connectivity index is 2.70. The molecule has 15 heavy (non-hydrogen) atoms. The second kappa shape index (κ2) is 4.94. The van der Waals surface area contributed by atoms with Crippen LogP contribution in [0.15, 0.2) is 0 Å². The molecule has 88 valence electrons. The average Bonchev–Trinajstić information content (AvgIpc) is 1.99. The highest BCUT2D eigenvalue weighted by atomic mass is 16.5. The lowest BCUT2D eigenvalue weighted by Gasteiger charge is -2.40. The second-order valence-corrected chi connectivity index (χ2v) is 4.80. The van der Waals surface area contributed by atoms with Crippen LogP contribution in [0.2, 0.25) is 0 Å². The van der Waals surface area contributed by atoms with Crippen molar-refractivity contribution in [1.29, 1.82) is 0 Å². The number of carbonyl (C=O) groups is 1. The number of carbonyl (C=O) groups excluding carboxylic acids is 1. The van der Waals surface area contributed by atoms with E-state index in [1.54, 1.807) is 0 Å². The minimum absolute atomic E-state index is 0.168. The van der Waals surface area contributed by atoms with Gasteiger partial charge in [-0.2, -0.15) is 0 Å².